The van der Waals surface area contributed by atoms with Crippen molar-refractivity contribution in [2.24, 2.45) is 0 Å². The highest BCUT2D eigenvalue weighted by atomic mass is 19.1. The summed E-state index contributed by atoms with van der Waals surface area (Å²) in [5.74, 6) is -0.192. The molecule has 1 amide bonds. The number of hydrogen-bond acceptors (Lipinski definition) is 2. The van der Waals surface area contributed by atoms with Gasteiger partial charge in [0.2, 0.25) is 5.91 Å². The second-order valence-corrected chi connectivity index (χ2v) is 5.05. The molecule has 1 aromatic rings. The summed E-state index contributed by atoms with van der Waals surface area (Å²) in [6.07, 6.45) is 1.22. The molecule has 0 aromatic heterocycles. The first-order valence-corrected chi connectivity index (χ1v) is 6.92. The predicted molar refractivity (Wildman–Crippen MR) is 73.0 cm³/mol. The van der Waals surface area contributed by atoms with Crippen LogP contribution in [0.5, 0.6) is 0 Å². The molecule has 0 aliphatic carbocycles. The molecule has 0 bridgehead atoms. The Kier molecular flexibility index (Phi) is 4.20. The molecule has 0 spiro atoms. The van der Waals surface area contributed by atoms with Gasteiger partial charge in [-0.25, -0.2) is 4.39 Å². The highest BCUT2D eigenvalue weighted by Crippen LogP contribution is 2.30. The highest BCUT2D eigenvalue weighted by molar-refractivity contribution is 5.84. The first kappa shape index (κ1) is 14.0. The number of amides is 1. The Morgan fingerprint density at radius 3 is 2.63 bits per heavy atom. The van der Waals surface area contributed by atoms with Crippen LogP contribution in [-0.4, -0.2) is 22.9 Å². The summed E-state index contributed by atoms with van der Waals surface area (Å²) in [4.78, 5) is 14.2. The fraction of sp³-hybridized carbons (Fsp3) is 0.533. The fourth-order valence-electron chi connectivity index (χ4n) is 2.55. The van der Waals surface area contributed by atoms with E-state index in [1.165, 1.54) is 6.07 Å². The van der Waals surface area contributed by atoms with Crippen LogP contribution in [0.25, 0.3) is 0 Å². The smallest absolute Gasteiger partial charge is 0.241 e. The van der Waals surface area contributed by atoms with Crippen LogP contribution in [0.2, 0.25) is 0 Å². The van der Waals surface area contributed by atoms with Crippen LogP contribution >= 0.6 is 0 Å². The molecule has 3 nitrogen and oxygen atoms in total. The zero-order valence-electron chi connectivity index (χ0n) is 11.7. The van der Waals surface area contributed by atoms with Crippen LogP contribution in [0.15, 0.2) is 24.3 Å². The quantitative estimate of drug-likeness (QED) is 0.907. The van der Waals surface area contributed by atoms with Crippen molar-refractivity contribution in [2.75, 3.05) is 0 Å². The molecular weight excluding hydrogens is 243 g/mol. The van der Waals surface area contributed by atoms with Crippen molar-refractivity contribution in [1.82, 2.24) is 10.2 Å². The normalized spacial score (nSPS) is 24.8. The summed E-state index contributed by atoms with van der Waals surface area (Å²) in [6, 6.07) is 6.54. The van der Waals surface area contributed by atoms with Gasteiger partial charge in [-0.1, -0.05) is 32.0 Å². The molecule has 4 heteroatoms. The maximum Gasteiger partial charge on any atom is 0.241 e. The summed E-state index contributed by atoms with van der Waals surface area (Å²) >= 11 is 0. The van der Waals surface area contributed by atoms with Gasteiger partial charge in [-0.3, -0.25) is 10.1 Å². The average molecular weight is 264 g/mol. The Bertz CT molecular complexity index is 463. The van der Waals surface area contributed by atoms with Crippen LogP contribution in [0.4, 0.5) is 4.39 Å². The van der Waals surface area contributed by atoms with Crippen LogP contribution in [0.3, 0.4) is 0 Å². The van der Waals surface area contributed by atoms with Gasteiger partial charge in [0.1, 0.15) is 12.0 Å². The minimum Gasteiger partial charge on any atom is -0.319 e. The molecule has 1 aromatic carbocycles. The van der Waals surface area contributed by atoms with Crippen LogP contribution in [-0.2, 0) is 4.79 Å². The number of nitrogens with one attached hydrogen (secondary N) is 1. The lowest BCUT2D eigenvalue weighted by molar-refractivity contribution is -0.132. The topological polar surface area (TPSA) is 32.3 Å². The Morgan fingerprint density at radius 2 is 2.05 bits per heavy atom. The maximum atomic E-state index is 14.0. The van der Waals surface area contributed by atoms with Gasteiger partial charge in [-0.15, -0.1) is 0 Å². The van der Waals surface area contributed by atoms with Crippen LogP contribution in [0.1, 0.15) is 45.3 Å². The lowest BCUT2D eigenvalue weighted by atomic mass is 10.1. The fourth-order valence-corrected chi connectivity index (χ4v) is 2.55. The summed E-state index contributed by atoms with van der Waals surface area (Å²) in [5.41, 5.74) is 0.548. The second kappa shape index (κ2) is 5.70. The first-order valence-electron chi connectivity index (χ1n) is 6.92. The van der Waals surface area contributed by atoms with Gasteiger partial charge in [0.15, 0.2) is 0 Å². The highest BCUT2D eigenvalue weighted by Gasteiger charge is 2.41. The van der Waals surface area contributed by atoms with E-state index in [1.807, 2.05) is 20.8 Å². The number of hydrogen-bond donors (Lipinski definition) is 1. The second-order valence-electron chi connectivity index (χ2n) is 5.05. The van der Waals surface area contributed by atoms with Gasteiger partial charge in [-0.2, -0.15) is 0 Å². The van der Waals surface area contributed by atoms with Crippen LogP contribution in [0, 0.1) is 5.82 Å². The lowest BCUT2D eigenvalue weighted by Crippen LogP contribution is -2.38. The third-order valence-electron chi connectivity index (χ3n) is 3.86. The van der Waals surface area contributed by atoms with Gasteiger partial charge < -0.3 is 4.90 Å². The summed E-state index contributed by atoms with van der Waals surface area (Å²) < 4.78 is 14.0. The SMILES string of the molecule is CCC1NC(c2ccccc2F)N(C(C)CC)C1=O. The number of rotatable bonds is 4. The molecule has 1 saturated heterocycles. The van der Waals surface area contributed by atoms with E-state index in [-0.39, 0.29) is 30.0 Å². The molecule has 0 radical (unpaired) electrons. The monoisotopic (exact) mass is 264 g/mol. The van der Waals surface area contributed by atoms with Gasteiger partial charge in [0.25, 0.3) is 0 Å². The Balaban J connectivity index is 2.37. The zero-order chi connectivity index (χ0) is 14.0. The lowest BCUT2D eigenvalue weighted by Gasteiger charge is -2.30. The number of halogens is 1. The van der Waals surface area contributed by atoms with E-state index in [9.17, 15) is 9.18 Å². The van der Waals surface area contributed by atoms with Crippen molar-refractivity contribution in [3.05, 3.63) is 35.6 Å². The molecule has 2 rings (SSSR count). The van der Waals surface area contributed by atoms with Crippen molar-refractivity contribution >= 4 is 5.91 Å². The molecule has 0 saturated carbocycles. The van der Waals surface area contributed by atoms with Gasteiger partial charge in [0, 0.05) is 11.6 Å². The average Bonchev–Trinajstić information content (AvgIpc) is 2.75. The Morgan fingerprint density at radius 1 is 1.37 bits per heavy atom. The van der Waals surface area contributed by atoms with E-state index in [2.05, 4.69) is 5.32 Å². The van der Waals surface area contributed by atoms with E-state index >= 15 is 0 Å². The summed E-state index contributed by atoms with van der Waals surface area (Å²) in [5, 5.41) is 3.25. The largest absolute Gasteiger partial charge is 0.319 e. The van der Waals surface area contributed by atoms with Crippen molar-refractivity contribution in [1.29, 1.82) is 0 Å². The third kappa shape index (κ3) is 2.50. The van der Waals surface area contributed by atoms with Gasteiger partial charge >= 0.3 is 0 Å². The van der Waals surface area contributed by atoms with E-state index in [1.54, 1.807) is 23.1 Å². The van der Waals surface area contributed by atoms with Gasteiger partial charge in [-0.05, 0) is 25.8 Å². The maximum absolute atomic E-state index is 14.0. The first-order chi connectivity index (χ1) is 9.10. The van der Waals surface area contributed by atoms with E-state index in [0.717, 1.165) is 12.8 Å². The molecular formula is C15H21FN2O. The molecule has 19 heavy (non-hydrogen) atoms. The minimum atomic E-state index is -0.353. The Labute approximate surface area is 113 Å². The molecule has 1 aliphatic rings. The predicted octanol–water partition coefficient (Wildman–Crippen LogP) is 2.83. The van der Waals surface area contributed by atoms with Gasteiger partial charge in [0.05, 0.1) is 6.04 Å². The van der Waals surface area contributed by atoms with Crippen molar-refractivity contribution in [2.45, 2.75) is 51.9 Å². The van der Waals surface area contributed by atoms with E-state index < -0.39 is 0 Å². The third-order valence-corrected chi connectivity index (χ3v) is 3.86. The number of carbonyl (C=O) groups excluding carboxylic acids is 1. The van der Waals surface area contributed by atoms with E-state index in [4.69, 9.17) is 0 Å². The zero-order valence-corrected chi connectivity index (χ0v) is 11.7. The molecule has 1 aliphatic heterocycles. The Hall–Kier alpha value is -1.42. The van der Waals surface area contributed by atoms with Crippen molar-refractivity contribution in [3.8, 4) is 0 Å². The number of benzene rings is 1. The molecule has 3 unspecified atom stereocenters. The summed E-state index contributed by atoms with van der Waals surface area (Å²) in [6.45, 7) is 6.01. The standard InChI is InChI=1S/C15H21FN2O/c1-4-10(3)18-14(17-13(5-2)15(18)19)11-8-6-7-9-12(11)16/h6-10,13-14,17H,4-5H2,1-3H3. The molecule has 3 atom stereocenters. The minimum absolute atomic E-state index is 0.0742. The van der Waals surface area contributed by atoms with Crippen molar-refractivity contribution in [3.63, 3.8) is 0 Å². The molecule has 1 N–H and O–H groups in total. The number of carbonyl (C=O) groups is 1. The molecule has 104 valence electrons. The molecule has 1 fully saturated rings. The molecule has 1 heterocycles. The summed E-state index contributed by atoms with van der Waals surface area (Å²) in [7, 11) is 0. The van der Waals surface area contributed by atoms with Crippen LogP contribution < -0.4 is 5.32 Å². The van der Waals surface area contributed by atoms with Crippen molar-refractivity contribution < 1.29 is 9.18 Å². The van der Waals surface area contributed by atoms with E-state index in [0.29, 0.717) is 5.56 Å². The number of nitrogens with zero attached hydrogens (tertiary/aromatic N) is 1.